The molecule has 0 aromatic carbocycles. The van der Waals surface area contributed by atoms with Gasteiger partial charge in [-0.3, -0.25) is 4.79 Å². The summed E-state index contributed by atoms with van der Waals surface area (Å²) >= 11 is 0. The maximum absolute atomic E-state index is 10.8. The van der Waals surface area contributed by atoms with Gasteiger partial charge in [0.1, 0.15) is 5.54 Å². The van der Waals surface area contributed by atoms with Crippen molar-refractivity contribution in [3.63, 3.8) is 0 Å². The standard InChI is InChI=1S/C9H17NO3.ClH/c1-13-6-7-2-4-9(10,5-3-7)8(11)12;/h7H,2-6,10H2,1H3,(H,11,12);1H. The minimum Gasteiger partial charge on any atom is -0.480 e. The van der Waals surface area contributed by atoms with Crippen molar-refractivity contribution in [2.24, 2.45) is 11.7 Å². The van der Waals surface area contributed by atoms with Crippen LogP contribution in [0.5, 0.6) is 0 Å². The molecule has 0 unspecified atom stereocenters. The van der Waals surface area contributed by atoms with Crippen LogP contribution < -0.4 is 5.73 Å². The van der Waals surface area contributed by atoms with E-state index < -0.39 is 11.5 Å². The molecule has 4 nitrogen and oxygen atoms in total. The van der Waals surface area contributed by atoms with Crippen LogP contribution in [0.15, 0.2) is 0 Å². The highest BCUT2D eigenvalue weighted by Gasteiger charge is 2.37. The molecule has 1 aliphatic carbocycles. The number of nitrogens with two attached hydrogens (primary N) is 1. The van der Waals surface area contributed by atoms with Crippen molar-refractivity contribution in [1.82, 2.24) is 0 Å². The van der Waals surface area contributed by atoms with Crippen LogP contribution in [-0.4, -0.2) is 30.3 Å². The van der Waals surface area contributed by atoms with Crippen LogP contribution in [0.25, 0.3) is 0 Å². The Bertz CT molecular complexity index is 190. The maximum atomic E-state index is 10.8. The largest absolute Gasteiger partial charge is 0.480 e. The number of hydrogen-bond acceptors (Lipinski definition) is 3. The molecule has 1 fully saturated rings. The van der Waals surface area contributed by atoms with E-state index >= 15 is 0 Å². The quantitative estimate of drug-likeness (QED) is 0.750. The van der Waals surface area contributed by atoms with Crippen LogP contribution in [0.1, 0.15) is 25.7 Å². The van der Waals surface area contributed by atoms with E-state index in [4.69, 9.17) is 15.6 Å². The summed E-state index contributed by atoms with van der Waals surface area (Å²) in [7, 11) is 1.67. The minimum absolute atomic E-state index is 0. The van der Waals surface area contributed by atoms with Gasteiger partial charge in [-0.1, -0.05) is 0 Å². The molecule has 0 atom stereocenters. The van der Waals surface area contributed by atoms with Crippen LogP contribution in [-0.2, 0) is 9.53 Å². The van der Waals surface area contributed by atoms with Crippen LogP contribution in [0.4, 0.5) is 0 Å². The van der Waals surface area contributed by atoms with Gasteiger partial charge in [0.2, 0.25) is 0 Å². The molecule has 0 saturated heterocycles. The lowest BCUT2D eigenvalue weighted by Crippen LogP contribution is -2.50. The van der Waals surface area contributed by atoms with E-state index in [9.17, 15) is 4.79 Å². The summed E-state index contributed by atoms with van der Waals surface area (Å²) in [6.07, 6.45) is 2.85. The molecule has 1 rings (SSSR count). The number of hydrogen-bond donors (Lipinski definition) is 2. The van der Waals surface area contributed by atoms with Gasteiger partial charge in [-0.05, 0) is 31.6 Å². The van der Waals surface area contributed by atoms with Crippen molar-refractivity contribution in [1.29, 1.82) is 0 Å². The van der Waals surface area contributed by atoms with E-state index in [-0.39, 0.29) is 12.4 Å². The van der Waals surface area contributed by atoms with Crippen molar-refractivity contribution in [3.05, 3.63) is 0 Å². The highest BCUT2D eigenvalue weighted by molar-refractivity contribution is 5.85. The Balaban J connectivity index is 0.00000169. The average molecular weight is 224 g/mol. The second-order valence-corrected chi connectivity index (χ2v) is 3.86. The second kappa shape index (κ2) is 5.53. The molecule has 0 heterocycles. The highest BCUT2D eigenvalue weighted by Crippen LogP contribution is 2.30. The average Bonchev–Trinajstić information content (AvgIpc) is 2.09. The third kappa shape index (κ3) is 3.12. The summed E-state index contributed by atoms with van der Waals surface area (Å²) in [5, 5.41) is 8.86. The molecule has 1 saturated carbocycles. The molecular formula is C9H18ClNO3. The van der Waals surface area contributed by atoms with E-state index in [2.05, 4.69) is 0 Å². The zero-order valence-electron chi connectivity index (χ0n) is 8.36. The molecule has 0 radical (unpaired) electrons. The fourth-order valence-corrected chi connectivity index (χ4v) is 1.81. The predicted octanol–water partition coefficient (Wildman–Crippen LogP) is 1.03. The first kappa shape index (κ1) is 13.7. The van der Waals surface area contributed by atoms with Crippen molar-refractivity contribution in [3.8, 4) is 0 Å². The molecule has 0 aromatic rings. The Morgan fingerprint density at radius 1 is 1.57 bits per heavy atom. The van der Waals surface area contributed by atoms with Gasteiger partial charge in [0.15, 0.2) is 0 Å². The van der Waals surface area contributed by atoms with Crippen molar-refractivity contribution in [2.45, 2.75) is 31.2 Å². The summed E-state index contributed by atoms with van der Waals surface area (Å²) in [5.74, 6) is -0.385. The lowest BCUT2D eigenvalue weighted by atomic mass is 9.77. The fraction of sp³-hybridized carbons (Fsp3) is 0.889. The van der Waals surface area contributed by atoms with Gasteiger partial charge in [0, 0.05) is 13.7 Å². The molecular weight excluding hydrogens is 206 g/mol. The monoisotopic (exact) mass is 223 g/mol. The van der Waals surface area contributed by atoms with Crippen LogP contribution >= 0.6 is 12.4 Å². The lowest BCUT2D eigenvalue weighted by Gasteiger charge is -2.33. The smallest absolute Gasteiger partial charge is 0.323 e. The van der Waals surface area contributed by atoms with Gasteiger partial charge < -0.3 is 15.6 Å². The first-order valence-electron chi connectivity index (χ1n) is 4.60. The SMILES string of the molecule is COCC1CCC(N)(C(=O)O)CC1.Cl. The van der Waals surface area contributed by atoms with E-state index in [1.807, 2.05) is 0 Å². The molecule has 0 aromatic heterocycles. The molecule has 1 aliphatic rings. The summed E-state index contributed by atoms with van der Waals surface area (Å²) in [6, 6.07) is 0. The summed E-state index contributed by atoms with van der Waals surface area (Å²) in [5.41, 5.74) is 4.74. The summed E-state index contributed by atoms with van der Waals surface area (Å²) < 4.78 is 5.02. The van der Waals surface area contributed by atoms with E-state index in [1.54, 1.807) is 7.11 Å². The van der Waals surface area contributed by atoms with Gasteiger partial charge in [0.25, 0.3) is 0 Å². The molecule has 5 heteroatoms. The summed E-state index contributed by atoms with van der Waals surface area (Å²) in [6.45, 7) is 0.718. The van der Waals surface area contributed by atoms with Gasteiger partial charge in [-0.25, -0.2) is 0 Å². The number of halogens is 1. The number of rotatable bonds is 3. The third-order valence-corrected chi connectivity index (χ3v) is 2.83. The molecule has 84 valence electrons. The summed E-state index contributed by atoms with van der Waals surface area (Å²) in [4.78, 5) is 10.8. The maximum Gasteiger partial charge on any atom is 0.323 e. The van der Waals surface area contributed by atoms with Crippen molar-refractivity contribution in [2.75, 3.05) is 13.7 Å². The molecule has 0 amide bonds. The third-order valence-electron chi connectivity index (χ3n) is 2.83. The number of carbonyl (C=O) groups is 1. The molecule has 14 heavy (non-hydrogen) atoms. The van der Waals surface area contributed by atoms with E-state index in [1.165, 1.54) is 0 Å². The van der Waals surface area contributed by atoms with Gasteiger partial charge in [-0.15, -0.1) is 12.4 Å². The first-order chi connectivity index (χ1) is 6.08. The Labute approximate surface area is 90.2 Å². The molecule has 3 N–H and O–H groups in total. The fourth-order valence-electron chi connectivity index (χ4n) is 1.81. The number of ether oxygens (including phenoxy) is 1. The Hall–Kier alpha value is -0.320. The van der Waals surface area contributed by atoms with Gasteiger partial charge in [0.05, 0.1) is 0 Å². The Kier molecular flexibility index (Phi) is 5.41. The van der Waals surface area contributed by atoms with Gasteiger partial charge >= 0.3 is 5.97 Å². The zero-order valence-corrected chi connectivity index (χ0v) is 9.18. The van der Waals surface area contributed by atoms with E-state index in [0.29, 0.717) is 18.8 Å². The normalized spacial score (nSPS) is 32.0. The van der Waals surface area contributed by atoms with Crippen molar-refractivity contribution < 1.29 is 14.6 Å². The Morgan fingerprint density at radius 2 is 2.07 bits per heavy atom. The van der Waals surface area contributed by atoms with Gasteiger partial charge in [-0.2, -0.15) is 0 Å². The second-order valence-electron chi connectivity index (χ2n) is 3.86. The molecule has 0 bridgehead atoms. The number of carboxylic acid groups (broad SMARTS) is 1. The topological polar surface area (TPSA) is 72.5 Å². The Morgan fingerprint density at radius 3 is 2.43 bits per heavy atom. The highest BCUT2D eigenvalue weighted by atomic mass is 35.5. The predicted molar refractivity (Wildman–Crippen MR) is 55.6 cm³/mol. The van der Waals surface area contributed by atoms with Crippen LogP contribution in [0, 0.1) is 5.92 Å². The lowest BCUT2D eigenvalue weighted by molar-refractivity contribution is -0.145. The van der Waals surface area contributed by atoms with Crippen molar-refractivity contribution >= 4 is 18.4 Å². The van der Waals surface area contributed by atoms with Crippen LogP contribution in [0.2, 0.25) is 0 Å². The minimum atomic E-state index is -0.982. The molecule has 0 aliphatic heterocycles. The number of methoxy groups -OCH3 is 1. The molecule has 0 spiro atoms. The number of aliphatic carboxylic acids is 1. The van der Waals surface area contributed by atoms with E-state index in [0.717, 1.165) is 19.4 Å². The zero-order chi connectivity index (χ0) is 9.90. The number of carboxylic acids is 1. The first-order valence-corrected chi connectivity index (χ1v) is 4.60. The van der Waals surface area contributed by atoms with Crippen LogP contribution in [0.3, 0.4) is 0 Å².